The lowest BCUT2D eigenvalue weighted by molar-refractivity contribution is -0.146. The van der Waals surface area contributed by atoms with E-state index in [1.807, 2.05) is 0 Å². The number of fused-ring (bicyclic) bond motifs is 1. The van der Waals surface area contributed by atoms with Gasteiger partial charge in [0.2, 0.25) is 18.6 Å². The highest BCUT2D eigenvalue weighted by Crippen LogP contribution is 2.37. The van der Waals surface area contributed by atoms with Crippen molar-refractivity contribution in [3.63, 3.8) is 0 Å². The molecule has 0 spiro atoms. The fourth-order valence-electron chi connectivity index (χ4n) is 3.32. The van der Waals surface area contributed by atoms with Crippen LogP contribution in [0.5, 0.6) is 17.2 Å². The van der Waals surface area contributed by atoms with Gasteiger partial charge in [-0.05, 0) is 24.3 Å². The summed E-state index contributed by atoms with van der Waals surface area (Å²) in [7, 11) is 0. The van der Waals surface area contributed by atoms with E-state index in [1.165, 1.54) is 13.0 Å². The van der Waals surface area contributed by atoms with Crippen molar-refractivity contribution in [3.8, 4) is 17.2 Å². The predicted octanol–water partition coefficient (Wildman–Crippen LogP) is 1.01. The normalized spacial score (nSPS) is 16.9. The van der Waals surface area contributed by atoms with Crippen LogP contribution in [-0.4, -0.2) is 48.1 Å². The largest absolute Gasteiger partial charge is 0.484 e. The highest BCUT2D eigenvalue weighted by molar-refractivity contribution is 6.23. The molecule has 160 valence electrons. The number of rotatable bonds is 5. The number of carbonyl (C=O) groups excluding carboxylic acids is 4. The summed E-state index contributed by atoms with van der Waals surface area (Å²) in [6.45, 7) is 0.881. The summed E-state index contributed by atoms with van der Waals surface area (Å²) in [5.74, 6) is -0.967. The van der Waals surface area contributed by atoms with Gasteiger partial charge in [-0.2, -0.15) is 0 Å². The molecule has 0 aromatic heterocycles. The van der Waals surface area contributed by atoms with Gasteiger partial charge in [-0.25, -0.2) is 9.91 Å². The summed E-state index contributed by atoms with van der Waals surface area (Å²) < 4.78 is 15.9. The van der Waals surface area contributed by atoms with Gasteiger partial charge < -0.3 is 14.2 Å². The summed E-state index contributed by atoms with van der Waals surface area (Å²) in [5.41, 5.74) is 2.66. The Hall–Kier alpha value is -4.08. The average molecular weight is 425 g/mol. The molecule has 31 heavy (non-hydrogen) atoms. The molecule has 2 aliphatic rings. The zero-order chi connectivity index (χ0) is 22.0. The lowest BCUT2D eigenvalue weighted by Gasteiger charge is -2.26. The second-order valence-corrected chi connectivity index (χ2v) is 6.85. The summed E-state index contributed by atoms with van der Waals surface area (Å²) in [5, 5.41) is 0.865. The van der Waals surface area contributed by atoms with Gasteiger partial charge in [0.1, 0.15) is 11.8 Å². The smallest absolute Gasteiger partial charge is 0.276 e. The molecule has 0 bridgehead atoms. The van der Waals surface area contributed by atoms with E-state index in [9.17, 15) is 19.2 Å². The summed E-state index contributed by atoms with van der Waals surface area (Å²) in [6.07, 6.45) is -0.271. The molecule has 1 N–H and O–H groups in total. The third-order valence-corrected chi connectivity index (χ3v) is 4.75. The maximum atomic E-state index is 13.0. The van der Waals surface area contributed by atoms with Gasteiger partial charge in [-0.3, -0.25) is 24.6 Å². The van der Waals surface area contributed by atoms with Crippen molar-refractivity contribution in [2.24, 2.45) is 0 Å². The van der Waals surface area contributed by atoms with Gasteiger partial charge in [-0.1, -0.05) is 18.2 Å². The molecule has 0 saturated carbocycles. The number of nitrogens with one attached hydrogen (secondary N) is 1. The molecule has 2 aromatic carbocycles. The van der Waals surface area contributed by atoms with Gasteiger partial charge in [0, 0.05) is 13.0 Å². The molecule has 1 fully saturated rings. The molecule has 2 aliphatic heterocycles. The van der Waals surface area contributed by atoms with Crippen molar-refractivity contribution in [2.75, 3.05) is 18.3 Å². The summed E-state index contributed by atoms with van der Waals surface area (Å²) in [4.78, 5) is 51.0. The quantitative estimate of drug-likeness (QED) is 0.562. The van der Waals surface area contributed by atoms with Crippen molar-refractivity contribution in [1.29, 1.82) is 0 Å². The van der Waals surface area contributed by atoms with Crippen LogP contribution in [0.4, 0.5) is 5.69 Å². The molecule has 4 amide bonds. The number of carbonyl (C=O) groups is 4. The van der Waals surface area contributed by atoms with Crippen LogP contribution >= 0.6 is 0 Å². The lowest BCUT2D eigenvalue weighted by Crippen LogP contribution is -2.54. The van der Waals surface area contributed by atoms with Crippen molar-refractivity contribution in [3.05, 3.63) is 48.5 Å². The molecule has 1 atom stereocenters. The number of hydrogen-bond acceptors (Lipinski definition) is 7. The molecule has 10 nitrogen and oxygen atoms in total. The van der Waals surface area contributed by atoms with Crippen LogP contribution < -0.4 is 24.5 Å². The Morgan fingerprint density at radius 1 is 1.13 bits per heavy atom. The minimum Gasteiger partial charge on any atom is -0.484 e. The molecule has 0 aliphatic carbocycles. The Bertz CT molecular complexity index is 1040. The second-order valence-electron chi connectivity index (χ2n) is 6.85. The second kappa shape index (κ2) is 8.34. The number of hydrazine groups is 1. The highest BCUT2D eigenvalue weighted by Gasteiger charge is 2.45. The minimum absolute atomic E-state index is 0.0541. The standard InChI is InChI=1S/C21H19N3O7/c1-13(25)24(22-19(26)11-29-15-5-3-2-4-6-15)16-10-20(27)23(21(16)28)14-7-8-17-18(9-14)31-12-30-17/h2-9,16H,10-12H2,1H3,(H,22,26). The lowest BCUT2D eigenvalue weighted by atomic mass is 10.2. The zero-order valence-electron chi connectivity index (χ0n) is 16.6. The SMILES string of the molecule is CC(=O)N(NC(=O)COc1ccccc1)C1CC(=O)N(c2ccc3c(c2)OCO3)C1=O. The van der Waals surface area contributed by atoms with Gasteiger partial charge in [0.05, 0.1) is 12.1 Å². The van der Waals surface area contributed by atoms with Crippen molar-refractivity contribution < 1.29 is 33.4 Å². The Labute approximate surface area is 177 Å². The number of ether oxygens (including phenoxy) is 3. The Morgan fingerprint density at radius 2 is 1.87 bits per heavy atom. The van der Waals surface area contributed by atoms with E-state index in [1.54, 1.807) is 42.5 Å². The molecule has 2 heterocycles. The van der Waals surface area contributed by atoms with Crippen LogP contribution in [-0.2, 0) is 19.2 Å². The molecule has 1 saturated heterocycles. The molecule has 0 radical (unpaired) electrons. The topological polar surface area (TPSA) is 114 Å². The zero-order valence-corrected chi connectivity index (χ0v) is 16.6. The van der Waals surface area contributed by atoms with E-state index in [2.05, 4.69) is 5.43 Å². The van der Waals surface area contributed by atoms with E-state index >= 15 is 0 Å². The number of anilines is 1. The third-order valence-electron chi connectivity index (χ3n) is 4.75. The summed E-state index contributed by atoms with van der Waals surface area (Å²) >= 11 is 0. The van der Waals surface area contributed by atoms with Crippen molar-refractivity contribution in [2.45, 2.75) is 19.4 Å². The minimum atomic E-state index is -1.17. The maximum absolute atomic E-state index is 13.0. The van der Waals surface area contributed by atoms with Crippen LogP contribution in [0.3, 0.4) is 0 Å². The number of amides is 4. The molecule has 1 unspecified atom stereocenters. The van der Waals surface area contributed by atoms with Crippen LogP contribution in [0.1, 0.15) is 13.3 Å². The molecular weight excluding hydrogens is 406 g/mol. The predicted molar refractivity (Wildman–Crippen MR) is 106 cm³/mol. The van der Waals surface area contributed by atoms with Gasteiger partial charge >= 0.3 is 0 Å². The van der Waals surface area contributed by atoms with Crippen LogP contribution in [0.2, 0.25) is 0 Å². The van der Waals surface area contributed by atoms with E-state index in [-0.39, 0.29) is 19.8 Å². The monoisotopic (exact) mass is 425 g/mol. The van der Waals surface area contributed by atoms with Crippen LogP contribution in [0.15, 0.2) is 48.5 Å². The first-order valence-corrected chi connectivity index (χ1v) is 9.47. The van der Waals surface area contributed by atoms with E-state index in [0.717, 1.165) is 9.91 Å². The van der Waals surface area contributed by atoms with E-state index < -0.39 is 29.7 Å². The van der Waals surface area contributed by atoms with Crippen molar-refractivity contribution in [1.82, 2.24) is 10.4 Å². The first-order chi connectivity index (χ1) is 14.9. The van der Waals surface area contributed by atoms with Gasteiger partial charge in [-0.15, -0.1) is 0 Å². The Kier molecular flexibility index (Phi) is 5.44. The molecule has 10 heteroatoms. The fraction of sp³-hybridized carbons (Fsp3) is 0.238. The van der Waals surface area contributed by atoms with Crippen LogP contribution in [0, 0.1) is 0 Å². The summed E-state index contributed by atoms with van der Waals surface area (Å²) in [6, 6.07) is 12.2. The van der Waals surface area contributed by atoms with Gasteiger partial charge in [0.15, 0.2) is 18.1 Å². The molecule has 2 aromatic rings. The Morgan fingerprint density at radius 3 is 2.61 bits per heavy atom. The van der Waals surface area contributed by atoms with Crippen molar-refractivity contribution >= 4 is 29.3 Å². The molecular formula is C21H19N3O7. The molecule has 4 rings (SSSR count). The Balaban J connectivity index is 1.46. The average Bonchev–Trinajstić information content (AvgIpc) is 3.34. The number of benzene rings is 2. The highest BCUT2D eigenvalue weighted by atomic mass is 16.7. The first kappa shape index (κ1) is 20.2. The number of nitrogens with zero attached hydrogens (tertiary/aromatic N) is 2. The number of imide groups is 1. The van der Waals surface area contributed by atoms with E-state index in [4.69, 9.17) is 14.2 Å². The fourth-order valence-corrected chi connectivity index (χ4v) is 3.32. The maximum Gasteiger partial charge on any atom is 0.276 e. The van der Waals surface area contributed by atoms with Crippen LogP contribution in [0.25, 0.3) is 0 Å². The number of para-hydroxylation sites is 1. The first-order valence-electron chi connectivity index (χ1n) is 9.47. The van der Waals surface area contributed by atoms with E-state index in [0.29, 0.717) is 22.9 Å². The number of hydrogen-bond donors (Lipinski definition) is 1. The third kappa shape index (κ3) is 4.13. The van der Waals surface area contributed by atoms with Gasteiger partial charge in [0.25, 0.3) is 11.8 Å².